The molecule has 17 heavy (non-hydrogen) atoms. The molecule has 1 saturated carbocycles. The minimum Gasteiger partial charge on any atom is -0.328 e. The fraction of sp³-hybridized carbons (Fsp3) is 0.769. The molecule has 2 N–H and O–H groups in total. The van der Waals surface area contributed by atoms with E-state index in [-0.39, 0.29) is 0 Å². The van der Waals surface area contributed by atoms with Crippen molar-refractivity contribution >= 4 is 11.6 Å². The minimum atomic E-state index is 0.323. The van der Waals surface area contributed by atoms with Crippen LogP contribution in [0.5, 0.6) is 0 Å². The van der Waals surface area contributed by atoms with Crippen molar-refractivity contribution in [3.63, 3.8) is 0 Å². The third kappa shape index (κ3) is 3.02. The maximum Gasteiger partial charge on any atom is 0.0820 e. The summed E-state index contributed by atoms with van der Waals surface area (Å²) in [4.78, 5) is 0. The van der Waals surface area contributed by atoms with Crippen LogP contribution in [0.1, 0.15) is 57.1 Å². The summed E-state index contributed by atoms with van der Waals surface area (Å²) in [5, 5.41) is 5.20. The Morgan fingerprint density at radius 2 is 2.24 bits per heavy atom. The molecule has 1 aromatic rings. The third-order valence-electron chi connectivity index (χ3n) is 3.62. The highest BCUT2D eigenvalue weighted by atomic mass is 35.5. The van der Waals surface area contributed by atoms with Crippen LogP contribution in [0, 0.1) is 0 Å². The van der Waals surface area contributed by atoms with Gasteiger partial charge >= 0.3 is 0 Å². The van der Waals surface area contributed by atoms with Gasteiger partial charge in [-0.3, -0.25) is 4.68 Å². The quantitative estimate of drug-likeness (QED) is 0.842. The van der Waals surface area contributed by atoms with Gasteiger partial charge in [-0.1, -0.05) is 31.4 Å². The predicted molar refractivity (Wildman–Crippen MR) is 71.3 cm³/mol. The zero-order valence-electron chi connectivity index (χ0n) is 10.5. The molecule has 0 aromatic carbocycles. The van der Waals surface area contributed by atoms with Crippen LogP contribution < -0.4 is 5.73 Å². The molecule has 96 valence electrons. The van der Waals surface area contributed by atoms with Crippen molar-refractivity contribution in [1.29, 1.82) is 0 Å². The normalized spacial score (nSPS) is 25.8. The molecular formula is C13H22ClN3. The van der Waals surface area contributed by atoms with Gasteiger partial charge in [0.25, 0.3) is 0 Å². The fourth-order valence-corrected chi connectivity index (χ4v) is 3.11. The van der Waals surface area contributed by atoms with Gasteiger partial charge in [0.2, 0.25) is 0 Å². The van der Waals surface area contributed by atoms with Gasteiger partial charge in [-0.15, -0.1) is 0 Å². The summed E-state index contributed by atoms with van der Waals surface area (Å²) in [6.07, 6.45) is 8.77. The molecule has 2 rings (SSSR count). The van der Waals surface area contributed by atoms with Gasteiger partial charge in [0, 0.05) is 18.5 Å². The van der Waals surface area contributed by atoms with E-state index in [9.17, 15) is 0 Å². The number of hydrogen-bond acceptors (Lipinski definition) is 2. The van der Waals surface area contributed by atoms with Crippen molar-refractivity contribution in [3.05, 3.63) is 16.9 Å². The van der Waals surface area contributed by atoms with E-state index < -0.39 is 0 Å². The van der Waals surface area contributed by atoms with Crippen molar-refractivity contribution in [2.75, 3.05) is 0 Å². The minimum absolute atomic E-state index is 0.323. The second-order valence-corrected chi connectivity index (χ2v) is 5.49. The highest BCUT2D eigenvalue weighted by Gasteiger charge is 2.24. The monoisotopic (exact) mass is 255 g/mol. The Morgan fingerprint density at radius 3 is 3.00 bits per heavy atom. The van der Waals surface area contributed by atoms with Gasteiger partial charge in [0.1, 0.15) is 0 Å². The van der Waals surface area contributed by atoms with E-state index in [1.54, 1.807) is 6.20 Å². The zero-order valence-corrected chi connectivity index (χ0v) is 11.3. The highest BCUT2D eigenvalue weighted by molar-refractivity contribution is 6.31. The number of aromatic nitrogens is 2. The first-order valence-electron chi connectivity index (χ1n) is 6.69. The standard InChI is InChI=1S/C13H22ClN3/c1-2-7-17-13(12(14)9-16-17)10-5-3-4-6-11(15)8-10/h9-11H,2-8,15H2,1H3. The van der Waals surface area contributed by atoms with Crippen LogP contribution in [-0.4, -0.2) is 15.8 Å². The van der Waals surface area contributed by atoms with E-state index in [0.717, 1.165) is 30.8 Å². The number of nitrogens with two attached hydrogens (primary N) is 1. The fourth-order valence-electron chi connectivity index (χ4n) is 2.81. The number of nitrogens with zero attached hydrogens (tertiary/aromatic N) is 2. The Hall–Kier alpha value is -0.540. The van der Waals surface area contributed by atoms with Gasteiger partial charge < -0.3 is 5.73 Å². The molecule has 0 saturated heterocycles. The molecular weight excluding hydrogens is 234 g/mol. The van der Waals surface area contributed by atoms with E-state index in [1.165, 1.54) is 25.0 Å². The second-order valence-electron chi connectivity index (χ2n) is 5.08. The van der Waals surface area contributed by atoms with Crippen molar-refractivity contribution in [3.8, 4) is 0 Å². The molecule has 1 aromatic heterocycles. The molecule has 2 atom stereocenters. The van der Waals surface area contributed by atoms with E-state index >= 15 is 0 Å². The van der Waals surface area contributed by atoms with E-state index in [2.05, 4.69) is 16.7 Å². The molecule has 4 heteroatoms. The highest BCUT2D eigenvalue weighted by Crippen LogP contribution is 2.35. The maximum atomic E-state index is 6.29. The Bertz CT molecular complexity index is 362. The van der Waals surface area contributed by atoms with Crippen LogP contribution in [0.4, 0.5) is 0 Å². The van der Waals surface area contributed by atoms with Crippen molar-refractivity contribution in [2.24, 2.45) is 5.73 Å². The average molecular weight is 256 g/mol. The smallest absolute Gasteiger partial charge is 0.0820 e. The first-order chi connectivity index (χ1) is 8.22. The predicted octanol–water partition coefficient (Wildman–Crippen LogP) is 3.32. The number of rotatable bonds is 3. The van der Waals surface area contributed by atoms with Gasteiger partial charge in [-0.05, 0) is 25.7 Å². The molecule has 3 nitrogen and oxygen atoms in total. The van der Waals surface area contributed by atoms with Crippen LogP contribution in [0.2, 0.25) is 5.02 Å². The first-order valence-corrected chi connectivity index (χ1v) is 7.07. The number of hydrogen-bond donors (Lipinski definition) is 1. The Labute approximate surface area is 108 Å². The van der Waals surface area contributed by atoms with Gasteiger partial charge in [-0.25, -0.2) is 0 Å². The molecule has 1 aliphatic rings. The maximum absolute atomic E-state index is 6.29. The average Bonchev–Trinajstić information content (AvgIpc) is 2.52. The molecule has 0 bridgehead atoms. The number of halogens is 1. The summed E-state index contributed by atoms with van der Waals surface area (Å²) >= 11 is 6.29. The molecule has 1 aliphatic carbocycles. The van der Waals surface area contributed by atoms with Crippen LogP contribution in [0.3, 0.4) is 0 Å². The zero-order chi connectivity index (χ0) is 12.3. The van der Waals surface area contributed by atoms with Crippen LogP contribution >= 0.6 is 11.6 Å². The summed E-state index contributed by atoms with van der Waals surface area (Å²) in [7, 11) is 0. The Morgan fingerprint density at radius 1 is 1.47 bits per heavy atom. The molecule has 1 heterocycles. The summed E-state index contributed by atoms with van der Waals surface area (Å²) in [6, 6.07) is 0.323. The van der Waals surface area contributed by atoms with Crippen molar-refractivity contribution < 1.29 is 0 Å². The van der Waals surface area contributed by atoms with E-state index in [0.29, 0.717) is 12.0 Å². The van der Waals surface area contributed by atoms with Crippen LogP contribution in [0.15, 0.2) is 6.20 Å². The SMILES string of the molecule is CCCn1ncc(Cl)c1C1CCCCC(N)C1. The molecule has 0 amide bonds. The first kappa shape index (κ1) is 12.9. The van der Waals surface area contributed by atoms with Crippen LogP contribution in [0.25, 0.3) is 0 Å². The lowest BCUT2D eigenvalue weighted by Crippen LogP contribution is -2.22. The van der Waals surface area contributed by atoms with Crippen molar-refractivity contribution in [1.82, 2.24) is 9.78 Å². The molecule has 2 unspecified atom stereocenters. The summed E-state index contributed by atoms with van der Waals surface area (Å²) in [6.45, 7) is 3.12. The molecule has 1 fully saturated rings. The van der Waals surface area contributed by atoms with Gasteiger partial charge in [-0.2, -0.15) is 5.10 Å². The van der Waals surface area contributed by atoms with Gasteiger partial charge in [0.05, 0.1) is 16.9 Å². The molecule has 0 spiro atoms. The summed E-state index contributed by atoms with van der Waals surface area (Å²) in [5.41, 5.74) is 7.35. The van der Waals surface area contributed by atoms with E-state index in [1.807, 2.05) is 0 Å². The van der Waals surface area contributed by atoms with Crippen LogP contribution in [-0.2, 0) is 6.54 Å². The second kappa shape index (κ2) is 5.87. The number of aryl methyl sites for hydroxylation is 1. The lowest BCUT2D eigenvalue weighted by molar-refractivity contribution is 0.480. The Balaban J connectivity index is 2.21. The largest absolute Gasteiger partial charge is 0.328 e. The lowest BCUT2D eigenvalue weighted by atomic mass is 9.94. The summed E-state index contributed by atoms with van der Waals surface area (Å²) in [5.74, 6) is 0.494. The Kier molecular flexibility index (Phi) is 4.46. The third-order valence-corrected chi connectivity index (χ3v) is 3.91. The van der Waals surface area contributed by atoms with Gasteiger partial charge in [0.15, 0.2) is 0 Å². The van der Waals surface area contributed by atoms with Crippen molar-refractivity contribution in [2.45, 2.75) is 64.0 Å². The summed E-state index contributed by atoms with van der Waals surface area (Å²) < 4.78 is 2.07. The van der Waals surface area contributed by atoms with E-state index in [4.69, 9.17) is 17.3 Å². The lowest BCUT2D eigenvalue weighted by Gasteiger charge is -2.19. The molecule has 0 radical (unpaired) electrons. The topological polar surface area (TPSA) is 43.8 Å². The molecule has 0 aliphatic heterocycles.